The highest BCUT2D eigenvalue weighted by Gasteiger charge is 2.14. The second-order valence-corrected chi connectivity index (χ2v) is 5.67. The van der Waals surface area contributed by atoms with Gasteiger partial charge in [0.15, 0.2) is 0 Å². The van der Waals surface area contributed by atoms with Crippen LogP contribution in [0.4, 0.5) is 0 Å². The van der Waals surface area contributed by atoms with Gasteiger partial charge in [0.2, 0.25) is 5.91 Å². The van der Waals surface area contributed by atoms with Crippen molar-refractivity contribution < 1.29 is 9.53 Å². The predicted octanol–water partition coefficient (Wildman–Crippen LogP) is 3.32. The summed E-state index contributed by atoms with van der Waals surface area (Å²) in [6.07, 6.45) is 8.40. The molecule has 0 atom stereocenters. The number of rotatable bonds is 7. The highest BCUT2D eigenvalue weighted by atomic mass is 16.5. The van der Waals surface area contributed by atoms with E-state index in [2.05, 4.69) is 5.32 Å². The number of methoxy groups -OCH3 is 1. The Kier molecular flexibility index (Phi) is 5.90. The Hall–Kier alpha value is -1.51. The normalized spacial score (nSPS) is 15.2. The maximum absolute atomic E-state index is 11.8. The van der Waals surface area contributed by atoms with Gasteiger partial charge >= 0.3 is 0 Å². The number of carbonyl (C=O) groups is 1. The molecular formula is C17H25NO2. The molecule has 3 nitrogen and oxygen atoms in total. The van der Waals surface area contributed by atoms with Gasteiger partial charge in [-0.05, 0) is 36.5 Å². The molecule has 1 aromatic rings. The number of hydrogen-bond acceptors (Lipinski definition) is 2. The minimum Gasteiger partial charge on any atom is -0.497 e. The molecule has 1 aromatic carbocycles. The molecule has 1 saturated carbocycles. The van der Waals surface area contributed by atoms with Gasteiger partial charge < -0.3 is 10.1 Å². The highest BCUT2D eigenvalue weighted by Crippen LogP contribution is 2.28. The molecule has 1 amide bonds. The number of nitrogens with one attached hydrogen (secondary N) is 1. The fourth-order valence-corrected chi connectivity index (χ4v) is 2.91. The minimum absolute atomic E-state index is 0.113. The van der Waals surface area contributed by atoms with Crippen molar-refractivity contribution in [2.75, 3.05) is 13.7 Å². The molecule has 0 aliphatic heterocycles. The molecule has 1 N–H and O–H groups in total. The largest absolute Gasteiger partial charge is 0.497 e. The summed E-state index contributed by atoms with van der Waals surface area (Å²) in [6.45, 7) is 0.811. The van der Waals surface area contributed by atoms with Crippen molar-refractivity contribution in [2.45, 2.75) is 44.9 Å². The predicted molar refractivity (Wildman–Crippen MR) is 80.9 cm³/mol. The summed E-state index contributed by atoms with van der Waals surface area (Å²) < 4.78 is 5.10. The lowest BCUT2D eigenvalue weighted by atomic mass is 10.0. The number of carbonyl (C=O) groups excluding carboxylic acids is 1. The Morgan fingerprint density at radius 1 is 1.25 bits per heavy atom. The first-order chi connectivity index (χ1) is 9.78. The average molecular weight is 275 g/mol. The maximum atomic E-state index is 11.8. The molecule has 0 radical (unpaired) electrons. The second kappa shape index (κ2) is 7.93. The number of amides is 1. The van der Waals surface area contributed by atoms with E-state index >= 15 is 0 Å². The Balaban J connectivity index is 1.61. The summed E-state index contributed by atoms with van der Waals surface area (Å²) in [5.74, 6) is 1.85. The van der Waals surface area contributed by atoms with Crippen molar-refractivity contribution >= 4 is 5.91 Å². The van der Waals surface area contributed by atoms with E-state index in [1.807, 2.05) is 24.3 Å². The van der Waals surface area contributed by atoms with Gasteiger partial charge in [-0.25, -0.2) is 0 Å². The average Bonchev–Trinajstić information content (AvgIpc) is 2.98. The van der Waals surface area contributed by atoms with Gasteiger partial charge in [-0.3, -0.25) is 4.79 Å². The van der Waals surface area contributed by atoms with Crippen LogP contribution < -0.4 is 10.1 Å². The molecule has 110 valence electrons. The van der Waals surface area contributed by atoms with Crippen molar-refractivity contribution in [1.29, 1.82) is 0 Å². The summed E-state index contributed by atoms with van der Waals surface area (Å²) >= 11 is 0. The van der Waals surface area contributed by atoms with Crippen LogP contribution in [0.1, 0.15) is 44.1 Å². The zero-order chi connectivity index (χ0) is 14.2. The van der Waals surface area contributed by atoms with Gasteiger partial charge in [0, 0.05) is 6.54 Å². The summed E-state index contributed by atoms with van der Waals surface area (Å²) in [5.41, 5.74) is 1.03. The van der Waals surface area contributed by atoms with E-state index in [1.54, 1.807) is 7.11 Å². The van der Waals surface area contributed by atoms with E-state index in [0.717, 1.165) is 30.2 Å². The van der Waals surface area contributed by atoms with Crippen molar-refractivity contribution in [3.8, 4) is 5.75 Å². The summed E-state index contributed by atoms with van der Waals surface area (Å²) in [7, 11) is 1.64. The standard InChI is InChI=1S/C17H25NO2/c1-20-16-10-8-15(9-11-16)13-17(19)18-12-4-7-14-5-2-3-6-14/h8-11,14H,2-7,12-13H2,1H3,(H,18,19). The molecule has 1 aliphatic rings. The van der Waals surface area contributed by atoms with Gasteiger partial charge in [0.05, 0.1) is 13.5 Å². The lowest BCUT2D eigenvalue weighted by Gasteiger charge is -2.09. The monoisotopic (exact) mass is 275 g/mol. The van der Waals surface area contributed by atoms with Crippen LogP contribution in [-0.4, -0.2) is 19.6 Å². The second-order valence-electron chi connectivity index (χ2n) is 5.67. The first-order valence-corrected chi connectivity index (χ1v) is 7.67. The van der Waals surface area contributed by atoms with E-state index in [0.29, 0.717) is 6.42 Å². The topological polar surface area (TPSA) is 38.3 Å². The molecule has 0 spiro atoms. The lowest BCUT2D eigenvalue weighted by molar-refractivity contribution is -0.120. The lowest BCUT2D eigenvalue weighted by Crippen LogP contribution is -2.26. The quantitative estimate of drug-likeness (QED) is 0.775. The zero-order valence-electron chi connectivity index (χ0n) is 12.4. The van der Waals surface area contributed by atoms with E-state index in [9.17, 15) is 4.79 Å². The highest BCUT2D eigenvalue weighted by molar-refractivity contribution is 5.78. The summed E-state index contributed by atoms with van der Waals surface area (Å²) in [4.78, 5) is 11.8. The van der Waals surface area contributed by atoms with Gasteiger partial charge in [0.1, 0.15) is 5.75 Å². The van der Waals surface area contributed by atoms with Crippen molar-refractivity contribution in [3.63, 3.8) is 0 Å². The molecule has 0 bridgehead atoms. The number of benzene rings is 1. The molecule has 0 unspecified atom stereocenters. The van der Waals surface area contributed by atoms with Crippen LogP contribution in [0.15, 0.2) is 24.3 Å². The zero-order valence-corrected chi connectivity index (χ0v) is 12.4. The van der Waals surface area contributed by atoms with Crippen molar-refractivity contribution in [3.05, 3.63) is 29.8 Å². The Morgan fingerprint density at radius 2 is 1.95 bits per heavy atom. The molecule has 3 heteroatoms. The van der Waals surface area contributed by atoms with Crippen LogP contribution >= 0.6 is 0 Å². The molecule has 20 heavy (non-hydrogen) atoms. The van der Waals surface area contributed by atoms with E-state index < -0.39 is 0 Å². The van der Waals surface area contributed by atoms with E-state index in [4.69, 9.17) is 4.74 Å². The van der Waals surface area contributed by atoms with Crippen molar-refractivity contribution in [1.82, 2.24) is 5.32 Å². The van der Waals surface area contributed by atoms with Crippen LogP contribution in [0.25, 0.3) is 0 Å². The number of ether oxygens (including phenoxy) is 1. The molecule has 1 fully saturated rings. The Labute approximate surface area is 121 Å². The Bertz CT molecular complexity index is 408. The fourth-order valence-electron chi connectivity index (χ4n) is 2.91. The van der Waals surface area contributed by atoms with Crippen LogP contribution in [-0.2, 0) is 11.2 Å². The summed E-state index contributed by atoms with van der Waals surface area (Å²) in [5, 5.41) is 3.01. The fraction of sp³-hybridized carbons (Fsp3) is 0.588. The Morgan fingerprint density at radius 3 is 2.60 bits per heavy atom. The van der Waals surface area contributed by atoms with Crippen LogP contribution in [0, 0.1) is 5.92 Å². The number of hydrogen-bond donors (Lipinski definition) is 1. The third-order valence-corrected chi connectivity index (χ3v) is 4.11. The minimum atomic E-state index is 0.113. The SMILES string of the molecule is COc1ccc(CC(=O)NCCCC2CCCC2)cc1. The van der Waals surface area contributed by atoms with Gasteiger partial charge in [-0.2, -0.15) is 0 Å². The first-order valence-electron chi connectivity index (χ1n) is 7.67. The van der Waals surface area contributed by atoms with E-state index in [1.165, 1.54) is 32.1 Å². The van der Waals surface area contributed by atoms with Crippen LogP contribution in [0.2, 0.25) is 0 Å². The molecule has 1 aliphatic carbocycles. The molecule has 0 saturated heterocycles. The summed E-state index contributed by atoms with van der Waals surface area (Å²) in [6, 6.07) is 7.67. The molecular weight excluding hydrogens is 250 g/mol. The van der Waals surface area contributed by atoms with E-state index in [-0.39, 0.29) is 5.91 Å². The van der Waals surface area contributed by atoms with Crippen LogP contribution in [0.5, 0.6) is 5.75 Å². The maximum Gasteiger partial charge on any atom is 0.224 e. The first kappa shape index (κ1) is 14.9. The van der Waals surface area contributed by atoms with Crippen LogP contribution in [0.3, 0.4) is 0 Å². The van der Waals surface area contributed by atoms with Crippen molar-refractivity contribution in [2.24, 2.45) is 5.92 Å². The van der Waals surface area contributed by atoms with Gasteiger partial charge in [-0.15, -0.1) is 0 Å². The van der Waals surface area contributed by atoms with Gasteiger partial charge in [-0.1, -0.05) is 37.8 Å². The third-order valence-electron chi connectivity index (χ3n) is 4.11. The molecule has 0 heterocycles. The van der Waals surface area contributed by atoms with Gasteiger partial charge in [0.25, 0.3) is 0 Å². The third kappa shape index (κ3) is 4.87. The molecule has 2 rings (SSSR count). The smallest absolute Gasteiger partial charge is 0.224 e. The molecule has 0 aromatic heterocycles.